The first-order valence-corrected chi connectivity index (χ1v) is 16.2. The molecule has 1 unspecified atom stereocenters. The fourth-order valence-electron chi connectivity index (χ4n) is 5.38. The highest BCUT2D eigenvalue weighted by atomic mass is 32.2. The molecular weight excluding hydrogens is 494 g/mol. The Hall–Kier alpha value is -1.23. The van der Waals surface area contributed by atoms with Gasteiger partial charge in [-0.05, 0) is 43.4 Å². The number of ether oxygens (including phenoxy) is 1. The molecule has 0 aromatic carbocycles. The summed E-state index contributed by atoms with van der Waals surface area (Å²) in [5.74, 6) is -1.25. The summed E-state index contributed by atoms with van der Waals surface area (Å²) in [5.41, 5.74) is 5.22. The Labute approximate surface area is 224 Å². The predicted molar refractivity (Wildman–Crippen MR) is 144 cm³/mol. The largest absolute Gasteiger partial charge is 0.350 e. The van der Waals surface area contributed by atoms with E-state index in [-0.39, 0.29) is 24.3 Å². The van der Waals surface area contributed by atoms with Crippen LogP contribution in [0.2, 0.25) is 0 Å². The predicted octanol–water partition coefficient (Wildman–Crippen LogP) is 4.54. The molecule has 0 spiro atoms. The maximum atomic E-state index is 13.6. The molecule has 1 saturated carbocycles. The molecule has 0 bridgehead atoms. The van der Waals surface area contributed by atoms with Crippen LogP contribution in [0.1, 0.15) is 105 Å². The van der Waals surface area contributed by atoms with Gasteiger partial charge in [0.1, 0.15) is 0 Å². The topological polar surface area (TPSA) is 114 Å². The Morgan fingerprint density at radius 3 is 2.19 bits per heavy atom. The van der Waals surface area contributed by atoms with Gasteiger partial charge >= 0.3 is 0 Å². The van der Waals surface area contributed by atoms with Crippen LogP contribution in [-0.4, -0.2) is 50.3 Å². The third kappa shape index (κ3) is 12.0. The molecule has 10 heteroatoms. The zero-order valence-corrected chi connectivity index (χ0v) is 24.5. The molecule has 1 heterocycles. The fraction of sp³-hybridized carbons (Fsp3) is 0.926. The molecule has 1 saturated heterocycles. The minimum absolute atomic E-state index is 0.0251. The number of hydrogen-bond acceptors (Lipinski definition) is 6. The average molecular weight is 546 g/mol. The Bertz CT molecular complexity index is 792. The fourth-order valence-corrected chi connectivity index (χ4v) is 6.21. The lowest BCUT2D eigenvalue weighted by molar-refractivity contribution is -0.203. The van der Waals surface area contributed by atoms with E-state index in [1.165, 1.54) is 32.1 Å². The van der Waals surface area contributed by atoms with Crippen molar-refractivity contribution in [1.82, 2.24) is 15.3 Å². The van der Waals surface area contributed by atoms with E-state index >= 15 is 0 Å². The van der Waals surface area contributed by atoms with E-state index in [0.717, 1.165) is 36.4 Å². The van der Waals surface area contributed by atoms with Gasteiger partial charge in [-0.25, -0.2) is 18.7 Å². The highest BCUT2D eigenvalue weighted by Gasteiger charge is 2.36. The van der Waals surface area contributed by atoms with Gasteiger partial charge < -0.3 is 4.74 Å². The number of sulfonamides is 1. The van der Waals surface area contributed by atoms with Gasteiger partial charge in [-0.2, -0.15) is 0 Å². The number of carbonyl (C=O) groups excluding carboxylic acids is 2. The summed E-state index contributed by atoms with van der Waals surface area (Å²) < 4.78 is 31.3. The van der Waals surface area contributed by atoms with Crippen molar-refractivity contribution in [2.45, 2.75) is 111 Å². The van der Waals surface area contributed by atoms with Crippen LogP contribution >= 0.6 is 0 Å². The highest BCUT2D eigenvalue weighted by molar-refractivity contribution is 7.88. The lowest BCUT2D eigenvalue weighted by Gasteiger charge is -2.31. The van der Waals surface area contributed by atoms with E-state index in [1.54, 1.807) is 0 Å². The van der Waals surface area contributed by atoms with Crippen molar-refractivity contribution >= 4 is 21.8 Å². The van der Waals surface area contributed by atoms with Crippen LogP contribution in [0.3, 0.4) is 0 Å². The van der Waals surface area contributed by atoms with Crippen LogP contribution in [0.4, 0.5) is 0 Å². The van der Waals surface area contributed by atoms with Crippen LogP contribution in [0.15, 0.2) is 0 Å². The Kier molecular flexibility index (Phi) is 13.8. The van der Waals surface area contributed by atoms with Crippen LogP contribution < -0.4 is 10.9 Å². The minimum atomic E-state index is -3.66. The standard InChI is InChI=1S/C27H51N3O6S/c1-20(2)18-24(26(31)28-30(19-21(3)4)37(5,33)34)23(15-11-14-22-12-7-6-8-13-22)27(32)29-36-25-16-9-10-17-35-25/h20-25H,6-19H2,1-5H3,(H,28,31)(H,29,32)/t23-,24+,25?/m0/s1. The Morgan fingerprint density at radius 2 is 1.62 bits per heavy atom. The molecule has 1 aliphatic heterocycles. The van der Waals surface area contributed by atoms with Crippen molar-refractivity contribution in [2.24, 2.45) is 29.6 Å². The number of nitrogens with one attached hydrogen (secondary N) is 2. The molecule has 216 valence electrons. The van der Waals surface area contributed by atoms with Crippen molar-refractivity contribution in [3.63, 3.8) is 0 Å². The van der Waals surface area contributed by atoms with E-state index in [0.29, 0.717) is 31.8 Å². The zero-order valence-electron chi connectivity index (χ0n) is 23.7. The van der Waals surface area contributed by atoms with Crippen molar-refractivity contribution < 1.29 is 27.6 Å². The number of hydroxylamine groups is 1. The summed E-state index contributed by atoms with van der Waals surface area (Å²) in [6.45, 7) is 8.56. The number of hydrogen-bond donors (Lipinski definition) is 2. The molecule has 0 aromatic heterocycles. The smallest absolute Gasteiger partial charge is 0.247 e. The number of hydrazine groups is 1. The second-order valence-corrected chi connectivity index (χ2v) is 13.7. The highest BCUT2D eigenvalue weighted by Crippen LogP contribution is 2.31. The maximum Gasteiger partial charge on any atom is 0.247 e. The third-order valence-electron chi connectivity index (χ3n) is 7.33. The Morgan fingerprint density at radius 1 is 0.946 bits per heavy atom. The van der Waals surface area contributed by atoms with Crippen molar-refractivity contribution in [2.75, 3.05) is 19.4 Å². The van der Waals surface area contributed by atoms with E-state index in [2.05, 4.69) is 10.9 Å². The summed E-state index contributed by atoms with van der Waals surface area (Å²) in [6.07, 6.45) is 12.4. The van der Waals surface area contributed by atoms with Gasteiger partial charge in [0, 0.05) is 19.6 Å². The van der Waals surface area contributed by atoms with Crippen molar-refractivity contribution in [3.05, 3.63) is 0 Å². The molecule has 2 aliphatic rings. The summed E-state index contributed by atoms with van der Waals surface area (Å²) in [6, 6.07) is 0. The van der Waals surface area contributed by atoms with Gasteiger partial charge in [0.15, 0.2) is 6.29 Å². The molecule has 0 radical (unpaired) electrons. The first-order chi connectivity index (χ1) is 17.5. The molecule has 9 nitrogen and oxygen atoms in total. The maximum absolute atomic E-state index is 13.6. The SMILES string of the molecule is CC(C)C[C@@H](C(=O)NN(CC(C)C)S(C)(=O)=O)[C@H](CCCC1CCCCC1)C(=O)NOC1CCCCO1. The number of rotatable bonds is 15. The number of carbonyl (C=O) groups is 2. The van der Waals surface area contributed by atoms with Gasteiger partial charge in [-0.15, -0.1) is 4.41 Å². The van der Waals surface area contributed by atoms with Crippen LogP contribution in [0, 0.1) is 29.6 Å². The minimum Gasteiger partial charge on any atom is -0.350 e. The number of amides is 2. The lowest BCUT2D eigenvalue weighted by Crippen LogP contribution is -2.52. The van der Waals surface area contributed by atoms with Gasteiger partial charge in [-0.3, -0.25) is 15.0 Å². The molecule has 2 fully saturated rings. The van der Waals surface area contributed by atoms with Gasteiger partial charge in [0.25, 0.3) is 0 Å². The zero-order chi connectivity index (χ0) is 27.4. The average Bonchev–Trinajstić information content (AvgIpc) is 2.84. The van der Waals surface area contributed by atoms with E-state index in [4.69, 9.17) is 9.57 Å². The number of nitrogens with zero attached hydrogens (tertiary/aromatic N) is 1. The summed E-state index contributed by atoms with van der Waals surface area (Å²) in [5, 5.41) is 0. The molecular formula is C27H51N3O6S. The second kappa shape index (κ2) is 16.0. The summed E-state index contributed by atoms with van der Waals surface area (Å²) in [4.78, 5) is 32.6. The summed E-state index contributed by atoms with van der Waals surface area (Å²) in [7, 11) is -3.66. The molecule has 1 aliphatic carbocycles. The quantitative estimate of drug-likeness (QED) is 0.292. The van der Waals surface area contributed by atoms with E-state index < -0.39 is 34.1 Å². The van der Waals surface area contributed by atoms with Crippen LogP contribution in [0.5, 0.6) is 0 Å². The van der Waals surface area contributed by atoms with Crippen LogP contribution in [-0.2, 0) is 29.2 Å². The van der Waals surface area contributed by atoms with E-state index in [1.807, 2.05) is 27.7 Å². The van der Waals surface area contributed by atoms with Gasteiger partial charge in [0.05, 0.1) is 18.1 Å². The first kappa shape index (κ1) is 32.0. The summed E-state index contributed by atoms with van der Waals surface area (Å²) >= 11 is 0. The monoisotopic (exact) mass is 545 g/mol. The second-order valence-electron chi connectivity index (χ2n) is 11.8. The van der Waals surface area contributed by atoms with Crippen LogP contribution in [0.25, 0.3) is 0 Å². The van der Waals surface area contributed by atoms with Gasteiger partial charge in [0.2, 0.25) is 21.8 Å². The third-order valence-corrected chi connectivity index (χ3v) is 8.37. The molecule has 3 atom stereocenters. The van der Waals surface area contributed by atoms with Crippen molar-refractivity contribution in [1.29, 1.82) is 0 Å². The molecule has 2 amide bonds. The van der Waals surface area contributed by atoms with E-state index in [9.17, 15) is 18.0 Å². The van der Waals surface area contributed by atoms with Gasteiger partial charge in [-0.1, -0.05) is 72.6 Å². The normalized spacial score (nSPS) is 21.2. The first-order valence-electron chi connectivity index (χ1n) is 14.3. The molecule has 2 N–H and O–H groups in total. The molecule has 2 rings (SSSR count). The molecule has 37 heavy (non-hydrogen) atoms. The Balaban J connectivity index is 2.18. The lowest BCUT2D eigenvalue weighted by atomic mass is 9.79. The molecule has 0 aromatic rings. The van der Waals surface area contributed by atoms with Crippen molar-refractivity contribution in [3.8, 4) is 0 Å².